The number of amides is 2. The minimum Gasteiger partial charge on any atom is -0.352 e. The van der Waals surface area contributed by atoms with E-state index in [0.29, 0.717) is 0 Å². The summed E-state index contributed by atoms with van der Waals surface area (Å²) in [6.07, 6.45) is 0.0141. The number of nitrogens with one attached hydrogen (secondary N) is 1. The third kappa shape index (κ3) is 4.46. The molecule has 2 amide bonds. The molecular weight excluding hydrogens is 397 g/mol. The number of anilines is 1. The van der Waals surface area contributed by atoms with E-state index >= 15 is 0 Å². The minimum atomic E-state index is -3.51. The highest BCUT2D eigenvalue weighted by molar-refractivity contribution is 7.89. The zero-order valence-corrected chi connectivity index (χ0v) is 16.9. The van der Waals surface area contributed by atoms with E-state index < -0.39 is 21.8 Å². The topological polar surface area (TPSA) is 86.8 Å². The smallest absolute Gasteiger partial charge is 0.242 e. The summed E-state index contributed by atoms with van der Waals surface area (Å²) < 4.78 is 39.2. The first-order valence-electron chi connectivity index (χ1n) is 9.04. The first kappa shape index (κ1) is 20.9. The van der Waals surface area contributed by atoms with Crippen molar-refractivity contribution in [3.63, 3.8) is 0 Å². The van der Waals surface area contributed by atoms with E-state index in [1.807, 2.05) is 0 Å². The van der Waals surface area contributed by atoms with Crippen molar-refractivity contribution in [2.24, 2.45) is 5.92 Å². The van der Waals surface area contributed by atoms with Crippen molar-refractivity contribution < 1.29 is 22.4 Å². The molecule has 1 aliphatic rings. The predicted molar refractivity (Wildman–Crippen MR) is 106 cm³/mol. The van der Waals surface area contributed by atoms with Gasteiger partial charge in [-0.3, -0.25) is 9.59 Å². The van der Waals surface area contributed by atoms with Crippen molar-refractivity contribution in [2.45, 2.75) is 17.9 Å². The fraction of sp³-hybridized carbons (Fsp3) is 0.300. The van der Waals surface area contributed by atoms with Gasteiger partial charge in [-0.2, -0.15) is 0 Å². The fourth-order valence-corrected chi connectivity index (χ4v) is 4.01. The van der Waals surface area contributed by atoms with E-state index in [0.717, 1.165) is 9.87 Å². The Morgan fingerprint density at radius 1 is 1.17 bits per heavy atom. The SMILES string of the molecule is CN(C)S(=O)(=O)c1ccc(CNC(=O)C2CC(=O)N(c3ccccc3F)C2)cc1. The Hall–Kier alpha value is -2.78. The van der Waals surface area contributed by atoms with Gasteiger partial charge in [0.2, 0.25) is 21.8 Å². The van der Waals surface area contributed by atoms with Crippen LogP contribution < -0.4 is 10.2 Å². The number of hydrogen-bond acceptors (Lipinski definition) is 4. The molecule has 2 aromatic rings. The zero-order chi connectivity index (χ0) is 21.2. The molecule has 1 N–H and O–H groups in total. The lowest BCUT2D eigenvalue weighted by molar-refractivity contribution is -0.126. The quantitative estimate of drug-likeness (QED) is 0.773. The fourth-order valence-electron chi connectivity index (χ4n) is 3.11. The first-order valence-corrected chi connectivity index (χ1v) is 10.5. The normalized spacial score (nSPS) is 17.0. The van der Waals surface area contributed by atoms with Gasteiger partial charge in [0.1, 0.15) is 5.82 Å². The molecule has 1 saturated heterocycles. The summed E-state index contributed by atoms with van der Waals surface area (Å²) in [6.45, 7) is 0.317. The van der Waals surface area contributed by atoms with Crippen molar-refractivity contribution in [3.05, 3.63) is 59.9 Å². The third-order valence-corrected chi connectivity index (χ3v) is 6.64. The summed E-state index contributed by atoms with van der Waals surface area (Å²) in [5.74, 6) is -1.68. The Morgan fingerprint density at radius 2 is 1.83 bits per heavy atom. The molecule has 7 nitrogen and oxygen atoms in total. The molecule has 0 aliphatic carbocycles. The molecule has 9 heteroatoms. The zero-order valence-electron chi connectivity index (χ0n) is 16.1. The maximum Gasteiger partial charge on any atom is 0.242 e. The Kier molecular flexibility index (Phi) is 5.99. The van der Waals surface area contributed by atoms with Crippen LogP contribution in [0.2, 0.25) is 0 Å². The molecule has 0 bridgehead atoms. The number of para-hydroxylation sites is 1. The van der Waals surface area contributed by atoms with Crippen LogP contribution in [0.3, 0.4) is 0 Å². The van der Waals surface area contributed by atoms with Gasteiger partial charge in [0.15, 0.2) is 0 Å². The lowest BCUT2D eigenvalue weighted by Crippen LogP contribution is -2.32. The van der Waals surface area contributed by atoms with Crippen LogP contribution in [-0.4, -0.2) is 45.2 Å². The molecule has 1 fully saturated rings. The van der Waals surface area contributed by atoms with Crippen LogP contribution in [0.25, 0.3) is 0 Å². The number of nitrogens with zero attached hydrogens (tertiary/aromatic N) is 2. The van der Waals surface area contributed by atoms with Crippen LogP contribution in [0.15, 0.2) is 53.4 Å². The number of hydrogen-bond donors (Lipinski definition) is 1. The standard InChI is InChI=1S/C20H22FN3O4S/c1-23(2)29(27,28)16-9-7-14(8-10-16)12-22-20(26)15-11-19(25)24(13-15)18-6-4-3-5-17(18)21/h3-10,15H,11-13H2,1-2H3,(H,22,26). The van der Waals surface area contributed by atoms with Crippen LogP contribution in [0, 0.1) is 11.7 Å². The molecule has 2 aromatic carbocycles. The largest absolute Gasteiger partial charge is 0.352 e. The van der Waals surface area contributed by atoms with Crippen molar-refractivity contribution in [1.29, 1.82) is 0 Å². The Labute approximate surface area is 169 Å². The van der Waals surface area contributed by atoms with E-state index in [1.54, 1.807) is 24.3 Å². The van der Waals surface area contributed by atoms with Crippen LogP contribution in [-0.2, 0) is 26.2 Å². The molecule has 29 heavy (non-hydrogen) atoms. The van der Waals surface area contributed by atoms with Gasteiger partial charge in [0.05, 0.1) is 16.5 Å². The first-order chi connectivity index (χ1) is 13.7. The Bertz CT molecular complexity index is 1020. The van der Waals surface area contributed by atoms with Crippen molar-refractivity contribution >= 4 is 27.5 Å². The number of benzene rings is 2. The average Bonchev–Trinajstić information content (AvgIpc) is 3.08. The van der Waals surface area contributed by atoms with Crippen molar-refractivity contribution in [1.82, 2.24) is 9.62 Å². The molecule has 3 rings (SSSR count). The highest BCUT2D eigenvalue weighted by atomic mass is 32.2. The van der Waals surface area contributed by atoms with Gasteiger partial charge in [0, 0.05) is 33.6 Å². The number of halogens is 1. The van der Waals surface area contributed by atoms with Crippen LogP contribution in [0.5, 0.6) is 0 Å². The lowest BCUT2D eigenvalue weighted by Gasteiger charge is -2.17. The molecule has 1 atom stereocenters. The number of carbonyl (C=O) groups excluding carboxylic acids is 2. The predicted octanol–water partition coefficient (Wildman–Crippen LogP) is 1.75. The molecule has 154 valence electrons. The average molecular weight is 419 g/mol. The Morgan fingerprint density at radius 3 is 2.45 bits per heavy atom. The summed E-state index contributed by atoms with van der Waals surface area (Å²) >= 11 is 0. The molecule has 1 unspecified atom stereocenters. The second-order valence-electron chi connectivity index (χ2n) is 7.01. The van der Waals surface area contributed by atoms with Gasteiger partial charge in [-0.05, 0) is 29.8 Å². The highest BCUT2D eigenvalue weighted by Crippen LogP contribution is 2.27. The monoisotopic (exact) mass is 419 g/mol. The number of carbonyl (C=O) groups is 2. The van der Waals surface area contributed by atoms with Gasteiger partial charge < -0.3 is 10.2 Å². The van der Waals surface area contributed by atoms with Crippen LogP contribution in [0.4, 0.5) is 10.1 Å². The summed E-state index contributed by atoms with van der Waals surface area (Å²) in [4.78, 5) is 26.1. The second kappa shape index (κ2) is 8.30. The van der Waals surface area contributed by atoms with E-state index in [2.05, 4.69) is 5.32 Å². The van der Waals surface area contributed by atoms with E-state index in [9.17, 15) is 22.4 Å². The second-order valence-corrected chi connectivity index (χ2v) is 9.16. The number of sulfonamides is 1. The summed E-state index contributed by atoms with van der Waals surface area (Å²) in [5, 5.41) is 2.76. The van der Waals surface area contributed by atoms with Gasteiger partial charge >= 0.3 is 0 Å². The van der Waals surface area contributed by atoms with E-state index in [1.165, 1.54) is 43.3 Å². The van der Waals surface area contributed by atoms with E-state index in [4.69, 9.17) is 0 Å². The molecule has 0 saturated carbocycles. The van der Waals surface area contributed by atoms with E-state index in [-0.39, 0.29) is 41.9 Å². The van der Waals surface area contributed by atoms with Gasteiger partial charge in [-0.15, -0.1) is 0 Å². The van der Waals surface area contributed by atoms with Gasteiger partial charge in [-0.25, -0.2) is 17.1 Å². The Balaban J connectivity index is 1.60. The molecule has 1 heterocycles. The summed E-state index contributed by atoms with van der Waals surface area (Å²) in [7, 11) is -0.597. The van der Waals surface area contributed by atoms with Gasteiger partial charge in [0.25, 0.3) is 0 Å². The maximum absolute atomic E-state index is 13.9. The van der Waals surface area contributed by atoms with Crippen molar-refractivity contribution in [2.75, 3.05) is 25.5 Å². The number of rotatable bonds is 6. The molecule has 0 aromatic heterocycles. The summed E-state index contributed by atoms with van der Waals surface area (Å²) in [5.41, 5.74) is 0.900. The lowest BCUT2D eigenvalue weighted by atomic mass is 10.1. The maximum atomic E-state index is 13.9. The minimum absolute atomic E-state index is 0.0141. The van der Waals surface area contributed by atoms with Crippen molar-refractivity contribution in [3.8, 4) is 0 Å². The van der Waals surface area contributed by atoms with Gasteiger partial charge in [-0.1, -0.05) is 24.3 Å². The molecule has 0 radical (unpaired) electrons. The third-order valence-electron chi connectivity index (χ3n) is 4.81. The molecule has 1 aliphatic heterocycles. The molecular formula is C20H22FN3O4S. The highest BCUT2D eigenvalue weighted by Gasteiger charge is 2.36. The molecule has 0 spiro atoms. The van der Waals surface area contributed by atoms with Crippen LogP contribution >= 0.6 is 0 Å². The summed E-state index contributed by atoms with van der Waals surface area (Å²) in [6, 6.07) is 12.2. The van der Waals surface area contributed by atoms with Crippen LogP contribution in [0.1, 0.15) is 12.0 Å².